The lowest BCUT2D eigenvalue weighted by atomic mass is 10.1. The molecule has 4 N–H and O–H groups in total. The standard InChI is InChI=1S/C21H24ClN3O4/c1-14-9-18(11-20-19(14)5-8-28-20)29-13-17(26)12-23-6-7-24-21(27)25-16-4-2-3-15(22)10-16/h2-5,8-11,17,23,26H,6-7,12-13H2,1H3,(H2,24,25,27). The summed E-state index contributed by atoms with van der Waals surface area (Å²) in [6, 6.07) is 12.2. The third kappa shape index (κ3) is 6.39. The summed E-state index contributed by atoms with van der Waals surface area (Å²) in [5.41, 5.74) is 2.44. The maximum atomic E-state index is 11.8. The molecule has 154 valence electrons. The number of urea groups is 1. The van der Waals surface area contributed by atoms with Crippen molar-refractivity contribution < 1.29 is 19.1 Å². The topological polar surface area (TPSA) is 95.8 Å². The second-order valence-corrected chi connectivity index (χ2v) is 7.07. The van der Waals surface area contributed by atoms with Crippen LogP contribution in [0.1, 0.15) is 5.56 Å². The van der Waals surface area contributed by atoms with Crippen LogP contribution < -0.4 is 20.7 Å². The zero-order valence-electron chi connectivity index (χ0n) is 16.1. The van der Waals surface area contributed by atoms with Crippen LogP contribution in [0, 0.1) is 6.92 Å². The van der Waals surface area contributed by atoms with E-state index in [1.54, 1.807) is 30.5 Å². The molecule has 0 bridgehead atoms. The first kappa shape index (κ1) is 21.0. The first-order valence-electron chi connectivity index (χ1n) is 9.31. The number of anilines is 1. The molecule has 0 aliphatic heterocycles. The number of benzene rings is 2. The fraction of sp³-hybridized carbons (Fsp3) is 0.286. The van der Waals surface area contributed by atoms with E-state index in [-0.39, 0.29) is 12.6 Å². The zero-order valence-corrected chi connectivity index (χ0v) is 16.8. The van der Waals surface area contributed by atoms with Gasteiger partial charge in [0.15, 0.2) is 0 Å². The van der Waals surface area contributed by atoms with Crippen LogP contribution in [0.15, 0.2) is 53.1 Å². The van der Waals surface area contributed by atoms with Crippen molar-refractivity contribution in [3.63, 3.8) is 0 Å². The lowest BCUT2D eigenvalue weighted by Crippen LogP contribution is -2.38. The van der Waals surface area contributed by atoms with Crippen LogP contribution in [0.4, 0.5) is 10.5 Å². The number of aliphatic hydroxyl groups is 1. The van der Waals surface area contributed by atoms with Gasteiger partial charge in [0.05, 0.1) is 6.26 Å². The Kier molecular flexibility index (Phi) is 7.35. The van der Waals surface area contributed by atoms with Crippen molar-refractivity contribution in [1.29, 1.82) is 0 Å². The quantitative estimate of drug-likeness (QED) is 0.399. The Hall–Kier alpha value is -2.74. The number of amides is 2. The monoisotopic (exact) mass is 417 g/mol. The van der Waals surface area contributed by atoms with Gasteiger partial charge >= 0.3 is 6.03 Å². The maximum absolute atomic E-state index is 11.8. The van der Waals surface area contributed by atoms with Crippen LogP contribution in [-0.2, 0) is 0 Å². The molecule has 7 nitrogen and oxygen atoms in total. The smallest absolute Gasteiger partial charge is 0.319 e. The van der Waals surface area contributed by atoms with Crippen molar-refractivity contribution in [2.45, 2.75) is 13.0 Å². The highest BCUT2D eigenvalue weighted by Crippen LogP contribution is 2.25. The zero-order chi connectivity index (χ0) is 20.6. The van der Waals surface area contributed by atoms with Gasteiger partial charge in [0.2, 0.25) is 0 Å². The normalized spacial score (nSPS) is 12.0. The van der Waals surface area contributed by atoms with Gasteiger partial charge < -0.3 is 30.2 Å². The minimum atomic E-state index is -0.678. The average molecular weight is 418 g/mol. The Labute approximate surface area is 174 Å². The second kappa shape index (κ2) is 10.2. The molecule has 1 unspecified atom stereocenters. The van der Waals surface area contributed by atoms with Gasteiger partial charge in [0, 0.05) is 41.8 Å². The van der Waals surface area contributed by atoms with Gasteiger partial charge in [-0.1, -0.05) is 17.7 Å². The molecule has 0 radical (unpaired) electrons. The Bertz CT molecular complexity index is 960. The lowest BCUT2D eigenvalue weighted by Gasteiger charge is -2.14. The van der Waals surface area contributed by atoms with Crippen molar-refractivity contribution in [2.24, 2.45) is 0 Å². The molecule has 1 atom stereocenters. The molecule has 29 heavy (non-hydrogen) atoms. The van der Waals surface area contributed by atoms with Crippen LogP contribution in [0.3, 0.4) is 0 Å². The molecule has 3 aromatic rings. The molecule has 0 saturated heterocycles. The third-order valence-electron chi connectivity index (χ3n) is 4.24. The van der Waals surface area contributed by atoms with E-state index in [1.807, 2.05) is 25.1 Å². The van der Waals surface area contributed by atoms with E-state index in [2.05, 4.69) is 16.0 Å². The second-order valence-electron chi connectivity index (χ2n) is 6.63. The molecular formula is C21H24ClN3O4. The Morgan fingerprint density at radius 1 is 1.24 bits per heavy atom. The Morgan fingerprint density at radius 3 is 2.93 bits per heavy atom. The Balaban J connectivity index is 1.30. The van der Waals surface area contributed by atoms with Gasteiger partial charge in [0.1, 0.15) is 24.0 Å². The molecule has 0 fully saturated rings. The van der Waals surface area contributed by atoms with Gasteiger partial charge in [0.25, 0.3) is 0 Å². The van der Waals surface area contributed by atoms with E-state index >= 15 is 0 Å². The minimum Gasteiger partial charge on any atom is -0.491 e. The average Bonchev–Trinajstić information content (AvgIpc) is 3.15. The van der Waals surface area contributed by atoms with Crippen molar-refractivity contribution in [3.8, 4) is 5.75 Å². The first-order chi connectivity index (χ1) is 14.0. The van der Waals surface area contributed by atoms with Gasteiger partial charge in [-0.3, -0.25) is 0 Å². The summed E-state index contributed by atoms with van der Waals surface area (Å²) in [4.78, 5) is 11.8. The molecule has 0 spiro atoms. The van der Waals surface area contributed by atoms with Crippen LogP contribution in [0.5, 0.6) is 5.75 Å². The summed E-state index contributed by atoms with van der Waals surface area (Å²) in [7, 11) is 0. The summed E-state index contributed by atoms with van der Waals surface area (Å²) in [6.07, 6.45) is 0.964. The number of nitrogens with one attached hydrogen (secondary N) is 3. The number of fused-ring (bicyclic) bond motifs is 1. The van der Waals surface area contributed by atoms with Gasteiger partial charge in [-0.05, 0) is 42.8 Å². The summed E-state index contributed by atoms with van der Waals surface area (Å²) >= 11 is 5.88. The molecule has 8 heteroatoms. The fourth-order valence-electron chi connectivity index (χ4n) is 2.83. The molecular weight excluding hydrogens is 394 g/mol. The van der Waals surface area contributed by atoms with Crippen molar-refractivity contribution in [2.75, 3.05) is 31.6 Å². The predicted octanol–water partition coefficient (Wildman–Crippen LogP) is 3.55. The molecule has 2 aromatic carbocycles. The molecule has 1 heterocycles. The van der Waals surface area contributed by atoms with Gasteiger partial charge in [-0.25, -0.2) is 4.79 Å². The van der Waals surface area contributed by atoms with Gasteiger partial charge in [-0.15, -0.1) is 0 Å². The molecule has 0 saturated carbocycles. The number of hydrogen-bond acceptors (Lipinski definition) is 5. The van der Waals surface area contributed by atoms with Crippen molar-refractivity contribution >= 4 is 34.3 Å². The van der Waals surface area contributed by atoms with Gasteiger partial charge in [-0.2, -0.15) is 0 Å². The fourth-order valence-corrected chi connectivity index (χ4v) is 3.02. The maximum Gasteiger partial charge on any atom is 0.319 e. The highest BCUT2D eigenvalue weighted by molar-refractivity contribution is 6.30. The number of carbonyl (C=O) groups excluding carboxylic acids is 1. The van der Waals surface area contributed by atoms with E-state index in [1.165, 1.54) is 0 Å². The predicted molar refractivity (Wildman–Crippen MR) is 114 cm³/mol. The Morgan fingerprint density at radius 2 is 2.10 bits per heavy atom. The third-order valence-corrected chi connectivity index (χ3v) is 4.48. The van der Waals surface area contributed by atoms with E-state index in [0.717, 1.165) is 16.5 Å². The number of aliphatic hydroxyl groups excluding tert-OH is 1. The number of halogens is 1. The first-order valence-corrected chi connectivity index (χ1v) is 9.69. The molecule has 3 rings (SSSR count). The largest absolute Gasteiger partial charge is 0.491 e. The van der Waals surface area contributed by atoms with Crippen molar-refractivity contribution in [3.05, 3.63) is 59.3 Å². The highest BCUT2D eigenvalue weighted by Gasteiger charge is 2.08. The van der Waals surface area contributed by atoms with Crippen LogP contribution in [-0.4, -0.2) is 43.5 Å². The number of furan rings is 1. The summed E-state index contributed by atoms with van der Waals surface area (Å²) in [5.74, 6) is 0.656. The highest BCUT2D eigenvalue weighted by atomic mass is 35.5. The number of carbonyl (C=O) groups is 1. The number of aryl methyl sites for hydroxylation is 1. The summed E-state index contributed by atoms with van der Waals surface area (Å²) in [6.45, 7) is 3.41. The molecule has 0 aliphatic carbocycles. The van der Waals surface area contributed by atoms with E-state index in [9.17, 15) is 9.90 Å². The van der Waals surface area contributed by atoms with E-state index in [4.69, 9.17) is 20.8 Å². The van der Waals surface area contributed by atoms with E-state index in [0.29, 0.717) is 36.1 Å². The SMILES string of the molecule is Cc1cc(OCC(O)CNCCNC(=O)Nc2cccc(Cl)c2)cc2occc12. The molecule has 2 amide bonds. The molecule has 0 aliphatic rings. The van der Waals surface area contributed by atoms with E-state index < -0.39 is 6.10 Å². The van der Waals surface area contributed by atoms with Crippen LogP contribution in [0.25, 0.3) is 11.0 Å². The number of ether oxygens (including phenoxy) is 1. The van der Waals surface area contributed by atoms with Crippen LogP contribution >= 0.6 is 11.6 Å². The number of hydrogen-bond donors (Lipinski definition) is 4. The minimum absolute atomic E-state index is 0.154. The van der Waals surface area contributed by atoms with Crippen molar-refractivity contribution in [1.82, 2.24) is 10.6 Å². The summed E-state index contributed by atoms with van der Waals surface area (Å²) < 4.78 is 11.1. The van der Waals surface area contributed by atoms with Crippen LogP contribution in [0.2, 0.25) is 5.02 Å². The summed E-state index contributed by atoms with van der Waals surface area (Å²) in [5, 5.41) is 20.2. The molecule has 1 aromatic heterocycles. The number of rotatable bonds is 9. The lowest BCUT2D eigenvalue weighted by molar-refractivity contribution is 0.106.